The molecule has 0 spiro atoms. The topological polar surface area (TPSA) is 15.0 Å². The van der Waals surface area contributed by atoms with Gasteiger partial charge in [-0.25, -0.2) is 9.89 Å². The molecule has 0 saturated carbocycles. The molecule has 4 heteroatoms. The van der Waals surface area contributed by atoms with Crippen LogP contribution in [0.5, 0.6) is 0 Å². The van der Waals surface area contributed by atoms with Gasteiger partial charge in [0.1, 0.15) is 7.05 Å². The Morgan fingerprint density at radius 1 is 1.78 bits per heavy atom. The molecule has 0 bridgehead atoms. The summed E-state index contributed by atoms with van der Waals surface area (Å²) in [5.41, 5.74) is 0. The number of nitrogens with zero attached hydrogens (tertiary/aromatic N) is 1. The van der Waals surface area contributed by atoms with E-state index in [0.29, 0.717) is 0 Å². The maximum atomic E-state index is 5.90. The Morgan fingerprint density at radius 2 is 2.33 bits per heavy atom. The minimum absolute atomic E-state index is 0. The standard InChI is InChI=1S/C5H10ClN2.ClH/c1-5(6)7-3-4-8(5)2;/h4,7H,3H2,1-2H3;1H/q+1;/p-1. The predicted molar refractivity (Wildman–Crippen MR) is 34.5 cm³/mol. The van der Waals surface area contributed by atoms with Crippen LogP contribution in [0.4, 0.5) is 0 Å². The molecule has 0 radical (unpaired) electrons. The second-order valence-electron chi connectivity index (χ2n) is 2.13. The molecule has 0 aliphatic carbocycles. The van der Waals surface area contributed by atoms with Gasteiger partial charge in [-0.1, -0.05) is 0 Å². The molecule has 1 atom stereocenters. The van der Waals surface area contributed by atoms with Crippen LogP contribution >= 0.6 is 11.6 Å². The van der Waals surface area contributed by atoms with E-state index in [4.69, 9.17) is 11.6 Å². The van der Waals surface area contributed by atoms with E-state index in [2.05, 4.69) is 5.32 Å². The van der Waals surface area contributed by atoms with Gasteiger partial charge in [-0.05, 0) is 11.6 Å². The highest BCUT2D eigenvalue weighted by Crippen LogP contribution is 2.11. The van der Waals surface area contributed by atoms with Crippen molar-refractivity contribution in [3.8, 4) is 0 Å². The molecule has 0 aromatic heterocycles. The molecule has 0 fully saturated rings. The second kappa shape index (κ2) is 2.86. The highest BCUT2D eigenvalue weighted by atomic mass is 35.5. The number of rotatable bonds is 0. The lowest BCUT2D eigenvalue weighted by Gasteiger charge is -2.09. The average molecular weight is 169 g/mol. The van der Waals surface area contributed by atoms with Gasteiger partial charge in [0.05, 0.1) is 6.54 Å². The van der Waals surface area contributed by atoms with Gasteiger partial charge in [0.15, 0.2) is 6.21 Å². The Morgan fingerprint density at radius 3 is 2.44 bits per heavy atom. The molecule has 1 rings (SSSR count). The summed E-state index contributed by atoms with van der Waals surface area (Å²) in [6.07, 6.45) is 2.02. The van der Waals surface area contributed by atoms with Gasteiger partial charge in [-0.3, -0.25) is 0 Å². The van der Waals surface area contributed by atoms with Gasteiger partial charge in [-0.2, -0.15) is 0 Å². The number of nitrogens with one attached hydrogen (secondary N) is 1. The predicted octanol–water partition coefficient (Wildman–Crippen LogP) is -2.78. The van der Waals surface area contributed by atoms with Crippen LogP contribution in [0.3, 0.4) is 0 Å². The molecule has 0 aromatic carbocycles. The van der Waals surface area contributed by atoms with E-state index >= 15 is 0 Å². The van der Waals surface area contributed by atoms with Gasteiger partial charge < -0.3 is 12.4 Å². The van der Waals surface area contributed by atoms with Crippen molar-refractivity contribution in [3.63, 3.8) is 0 Å². The van der Waals surface area contributed by atoms with Crippen LogP contribution in [-0.2, 0) is 0 Å². The summed E-state index contributed by atoms with van der Waals surface area (Å²) in [6.45, 7) is 2.80. The van der Waals surface area contributed by atoms with Crippen LogP contribution in [0.1, 0.15) is 6.92 Å². The summed E-state index contributed by atoms with van der Waals surface area (Å²) in [6, 6.07) is 0. The van der Waals surface area contributed by atoms with E-state index in [-0.39, 0.29) is 17.5 Å². The smallest absolute Gasteiger partial charge is 0.291 e. The average Bonchev–Trinajstić information content (AvgIpc) is 1.86. The zero-order valence-corrected chi connectivity index (χ0v) is 7.00. The lowest BCUT2D eigenvalue weighted by molar-refractivity contribution is -0.545. The Labute approximate surface area is 66.3 Å². The molecule has 1 heterocycles. The second-order valence-corrected chi connectivity index (χ2v) is 2.86. The molecule has 1 unspecified atom stereocenters. The molecule has 1 aliphatic rings. The number of hydrogen-bond donors (Lipinski definition) is 1. The van der Waals surface area contributed by atoms with Crippen molar-refractivity contribution in [3.05, 3.63) is 0 Å². The minimum Gasteiger partial charge on any atom is -1.00 e. The Balaban J connectivity index is 0.000000640. The van der Waals surface area contributed by atoms with Crippen LogP contribution in [0.2, 0.25) is 0 Å². The zero-order chi connectivity index (χ0) is 6.20. The fraction of sp³-hybridized carbons (Fsp3) is 0.800. The third-order valence-corrected chi connectivity index (χ3v) is 1.85. The van der Waals surface area contributed by atoms with E-state index in [0.717, 1.165) is 6.54 Å². The van der Waals surface area contributed by atoms with E-state index in [1.54, 1.807) is 0 Å². The molecular weight excluding hydrogens is 159 g/mol. The van der Waals surface area contributed by atoms with Gasteiger partial charge in [0, 0.05) is 6.92 Å². The first-order valence-electron chi connectivity index (χ1n) is 2.63. The van der Waals surface area contributed by atoms with Crippen molar-refractivity contribution in [2.75, 3.05) is 13.6 Å². The van der Waals surface area contributed by atoms with Crippen molar-refractivity contribution < 1.29 is 17.0 Å². The van der Waals surface area contributed by atoms with Gasteiger partial charge in [0.2, 0.25) is 0 Å². The van der Waals surface area contributed by atoms with E-state index in [9.17, 15) is 0 Å². The van der Waals surface area contributed by atoms with Gasteiger partial charge in [-0.15, -0.1) is 0 Å². The Hall–Kier alpha value is 0.210. The van der Waals surface area contributed by atoms with E-state index in [1.165, 1.54) is 0 Å². The fourth-order valence-electron chi connectivity index (χ4n) is 0.665. The molecule has 54 valence electrons. The SMILES string of the molecule is C[N+]1=CCNC1(C)Cl.[Cl-]. The van der Waals surface area contributed by atoms with E-state index < -0.39 is 0 Å². The van der Waals surface area contributed by atoms with Crippen molar-refractivity contribution in [1.29, 1.82) is 0 Å². The molecule has 0 amide bonds. The van der Waals surface area contributed by atoms with Crippen molar-refractivity contribution >= 4 is 17.8 Å². The third kappa shape index (κ3) is 1.81. The first-order valence-corrected chi connectivity index (χ1v) is 3.01. The summed E-state index contributed by atoms with van der Waals surface area (Å²) in [5, 5.41) is 2.73. The van der Waals surface area contributed by atoms with Crippen molar-refractivity contribution in [2.24, 2.45) is 0 Å². The molecule has 0 saturated heterocycles. The fourth-order valence-corrected chi connectivity index (χ4v) is 0.811. The summed E-state index contributed by atoms with van der Waals surface area (Å²) in [5.74, 6) is 0. The lowest BCUT2D eigenvalue weighted by atomic mass is 10.6. The zero-order valence-electron chi connectivity index (χ0n) is 5.49. The van der Waals surface area contributed by atoms with Gasteiger partial charge >= 0.3 is 0 Å². The minimum atomic E-state index is -0.347. The van der Waals surface area contributed by atoms with Crippen LogP contribution < -0.4 is 17.7 Å². The van der Waals surface area contributed by atoms with Crippen LogP contribution in [0, 0.1) is 0 Å². The Bertz CT molecular complexity index is 131. The summed E-state index contributed by atoms with van der Waals surface area (Å²) in [7, 11) is 1.95. The maximum Gasteiger partial charge on any atom is 0.291 e. The molecule has 2 nitrogen and oxygen atoms in total. The molecule has 1 N–H and O–H groups in total. The number of halogens is 2. The summed E-state index contributed by atoms with van der Waals surface area (Å²) >= 11 is 5.90. The quantitative estimate of drug-likeness (QED) is 0.235. The molecular formula is C5H10Cl2N2. The van der Waals surface area contributed by atoms with E-state index in [1.807, 2.05) is 24.8 Å². The van der Waals surface area contributed by atoms with Gasteiger partial charge in [0.25, 0.3) is 5.12 Å². The molecule has 9 heavy (non-hydrogen) atoms. The number of alkyl halides is 1. The van der Waals surface area contributed by atoms with Crippen LogP contribution in [-0.4, -0.2) is 29.5 Å². The van der Waals surface area contributed by atoms with Crippen molar-refractivity contribution in [1.82, 2.24) is 5.32 Å². The monoisotopic (exact) mass is 168 g/mol. The normalized spacial score (nSPS) is 33.4. The lowest BCUT2D eigenvalue weighted by Crippen LogP contribution is -3.00. The molecule has 1 aliphatic heterocycles. The van der Waals surface area contributed by atoms with Crippen molar-refractivity contribution in [2.45, 2.75) is 12.0 Å². The van der Waals surface area contributed by atoms with Crippen LogP contribution in [0.25, 0.3) is 0 Å². The van der Waals surface area contributed by atoms with Crippen LogP contribution in [0.15, 0.2) is 0 Å². The summed E-state index contributed by atoms with van der Waals surface area (Å²) in [4.78, 5) is 0. The molecule has 0 aromatic rings. The summed E-state index contributed by atoms with van der Waals surface area (Å²) < 4.78 is 1.95. The maximum absolute atomic E-state index is 5.90. The first kappa shape index (κ1) is 9.21. The number of hydrogen-bond acceptors (Lipinski definition) is 1. The Kier molecular flexibility index (Phi) is 2.93. The largest absolute Gasteiger partial charge is 1.00 e. The third-order valence-electron chi connectivity index (χ3n) is 1.45. The highest BCUT2D eigenvalue weighted by Gasteiger charge is 2.33. The first-order chi connectivity index (χ1) is 3.63. The highest BCUT2D eigenvalue weighted by molar-refractivity contribution is 6.22.